The predicted molar refractivity (Wildman–Crippen MR) is 193 cm³/mol. The molecule has 0 fully saturated rings. The molecule has 8 aromatic carbocycles. The zero-order chi connectivity index (χ0) is 30.5. The SMILES string of the molecule is c1ccc(N(c2ccc3c(c2)-c2ccccc2C3(c2ccccc2)c2ccccc2)c2cc3ccccc3c3ccccc23)cc1. The summed E-state index contributed by atoms with van der Waals surface area (Å²) in [6.07, 6.45) is 0. The molecular formula is C45H31N. The zero-order valence-corrected chi connectivity index (χ0v) is 25.3. The fraction of sp³-hybridized carbons (Fsp3) is 0.0222. The average Bonchev–Trinajstić information content (AvgIpc) is 3.43. The van der Waals surface area contributed by atoms with Crippen LogP contribution in [0.4, 0.5) is 17.1 Å². The van der Waals surface area contributed by atoms with Gasteiger partial charge in [0.25, 0.3) is 0 Å². The minimum Gasteiger partial charge on any atom is -0.310 e. The highest BCUT2D eigenvalue weighted by Crippen LogP contribution is 2.57. The van der Waals surface area contributed by atoms with Gasteiger partial charge in [0.2, 0.25) is 0 Å². The van der Waals surface area contributed by atoms with E-state index in [2.05, 4.69) is 193 Å². The molecule has 0 atom stereocenters. The molecule has 0 aliphatic heterocycles. The van der Waals surface area contributed by atoms with Crippen LogP contribution in [0.5, 0.6) is 0 Å². The van der Waals surface area contributed by atoms with Crippen LogP contribution in [0.15, 0.2) is 188 Å². The van der Waals surface area contributed by atoms with Crippen LogP contribution in [0.3, 0.4) is 0 Å². The lowest BCUT2D eigenvalue weighted by molar-refractivity contribution is 0.768. The van der Waals surface area contributed by atoms with Crippen LogP contribution in [-0.4, -0.2) is 0 Å². The van der Waals surface area contributed by atoms with Crippen molar-refractivity contribution in [1.82, 2.24) is 0 Å². The van der Waals surface area contributed by atoms with E-state index >= 15 is 0 Å². The molecule has 0 radical (unpaired) electrons. The molecule has 1 aliphatic rings. The second-order valence-electron chi connectivity index (χ2n) is 12.1. The summed E-state index contributed by atoms with van der Waals surface area (Å²) in [5, 5.41) is 4.99. The maximum Gasteiger partial charge on any atom is 0.0713 e. The number of benzene rings is 8. The number of hydrogen-bond donors (Lipinski definition) is 0. The molecule has 1 heteroatoms. The molecule has 0 amide bonds. The number of para-hydroxylation sites is 1. The number of fused-ring (bicyclic) bond motifs is 6. The molecule has 0 aromatic heterocycles. The third kappa shape index (κ3) is 3.89. The Kier molecular flexibility index (Phi) is 6.11. The van der Waals surface area contributed by atoms with Gasteiger partial charge in [0.05, 0.1) is 11.1 Å². The van der Waals surface area contributed by atoms with Gasteiger partial charge in [0.15, 0.2) is 0 Å². The minimum absolute atomic E-state index is 0.416. The van der Waals surface area contributed by atoms with Gasteiger partial charge < -0.3 is 4.90 Å². The van der Waals surface area contributed by atoms with E-state index in [-0.39, 0.29) is 0 Å². The van der Waals surface area contributed by atoms with Crippen molar-refractivity contribution in [2.24, 2.45) is 0 Å². The van der Waals surface area contributed by atoms with Gasteiger partial charge in [-0.05, 0) is 79.9 Å². The second-order valence-corrected chi connectivity index (χ2v) is 12.1. The summed E-state index contributed by atoms with van der Waals surface area (Å²) in [4.78, 5) is 2.43. The van der Waals surface area contributed by atoms with Crippen LogP contribution >= 0.6 is 0 Å². The van der Waals surface area contributed by atoms with Crippen LogP contribution in [0.1, 0.15) is 22.3 Å². The first-order valence-electron chi connectivity index (χ1n) is 16.0. The van der Waals surface area contributed by atoms with E-state index in [4.69, 9.17) is 0 Å². The number of hydrogen-bond acceptors (Lipinski definition) is 1. The smallest absolute Gasteiger partial charge is 0.0713 e. The Balaban J connectivity index is 1.35. The molecule has 0 saturated heterocycles. The van der Waals surface area contributed by atoms with Crippen molar-refractivity contribution in [3.63, 3.8) is 0 Å². The quantitative estimate of drug-likeness (QED) is 0.182. The Morgan fingerprint density at radius 1 is 0.348 bits per heavy atom. The molecule has 216 valence electrons. The van der Waals surface area contributed by atoms with Crippen molar-refractivity contribution < 1.29 is 0 Å². The Labute approximate surface area is 269 Å². The summed E-state index contributed by atoms with van der Waals surface area (Å²) >= 11 is 0. The highest BCUT2D eigenvalue weighted by Gasteiger charge is 2.46. The molecule has 46 heavy (non-hydrogen) atoms. The largest absolute Gasteiger partial charge is 0.310 e. The van der Waals surface area contributed by atoms with Crippen LogP contribution in [-0.2, 0) is 5.41 Å². The van der Waals surface area contributed by atoms with E-state index in [0.29, 0.717) is 0 Å². The zero-order valence-electron chi connectivity index (χ0n) is 25.3. The minimum atomic E-state index is -0.416. The van der Waals surface area contributed by atoms with E-state index in [1.165, 1.54) is 60.6 Å². The molecule has 0 unspecified atom stereocenters. The van der Waals surface area contributed by atoms with Gasteiger partial charge in [-0.25, -0.2) is 0 Å². The van der Waals surface area contributed by atoms with Crippen LogP contribution < -0.4 is 4.90 Å². The number of rotatable bonds is 5. The molecule has 0 bridgehead atoms. The van der Waals surface area contributed by atoms with Crippen molar-refractivity contribution in [3.8, 4) is 11.1 Å². The summed E-state index contributed by atoms with van der Waals surface area (Å²) in [6.45, 7) is 0. The number of anilines is 3. The van der Waals surface area contributed by atoms with Crippen LogP contribution in [0, 0.1) is 0 Å². The van der Waals surface area contributed by atoms with Crippen LogP contribution in [0.25, 0.3) is 32.7 Å². The Hall–Kier alpha value is -5.92. The standard InChI is InChI=1S/C45H31N/c1-4-17-33(18-5-1)45(34-19-6-2-7-20-34)42-27-15-14-25-39(42)41-31-36(28-29-43(41)45)46(35-21-8-3-9-22-35)44-30-32-16-10-11-23-37(32)38-24-12-13-26-40(38)44/h1-31H. The summed E-state index contributed by atoms with van der Waals surface area (Å²) in [7, 11) is 0. The Morgan fingerprint density at radius 2 is 0.891 bits per heavy atom. The van der Waals surface area contributed by atoms with Gasteiger partial charge in [0.1, 0.15) is 0 Å². The third-order valence-corrected chi connectivity index (χ3v) is 9.70. The molecule has 1 aliphatic carbocycles. The fourth-order valence-corrected chi connectivity index (χ4v) is 7.80. The monoisotopic (exact) mass is 585 g/mol. The summed E-state index contributed by atoms with van der Waals surface area (Å²) in [6, 6.07) is 68.7. The first-order chi connectivity index (χ1) is 22.8. The van der Waals surface area contributed by atoms with E-state index in [1.54, 1.807) is 0 Å². The summed E-state index contributed by atoms with van der Waals surface area (Å²) in [5.41, 5.74) is 10.8. The van der Waals surface area contributed by atoms with E-state index in [9.17, 15) is 0 Å². The van der Waals surface area contributed by atoms with E-state index < -0.39 is 5.41 Å². The molecule has 0 spiro atoms. The average molecular weight is 586 g/mol. The maximum absolute atomic E-state index is 2.43. The molecule has 9 rings (SSSR count). The van der Waals surface area contributed by atoms with Gasteiger partial charge in [0, 0.05) is 16.8 Å². The molecule has 0 heterocycles. The molecule has 0 N–H and O–H groups in total. The van der Waals surface area contributed by atoms with E-state index in [0.717, 1.165) is 11.4 Å². The summed E-state index contributed by atoms with van der Waals surface area (Å²) < 4.78 is 0. The maximum atomic E-state index is 2.43. The second kappa shape index (κ2) is 10.6. The normalized spacial score (nSPS) is 13.0. The first kappa shape index (κ1) is 26.5. The topological polar surface area (TPSA) is 3.24 Å². The lowest BCUT2D eigenvalue weighted by atomic mass is 9.68. The Morgan fingerprint density at radius 3 is 1.61 bits per heavy atom. The molecule has 1 nitrogen and oxygen atoms in total. The van der Waals surface area contributed by atoms with Crippen LogP contribution in [0.2, 0.25) is 0 Å². The Bertz CT molecular complexity index is 2320. The fourth-order valence-electron chi connectivity index (χ4n) is 7.80. The van der Waals surface area contributed by atoms with Crippen molar-refractivity contribution >= 4 is 38.6 Å². The predicted octanol–water partition coefficient (Wildman–Crippen LogP) is 11.8. The van der Waals surface area contributed by atoms with Crippen molar-refractivity contribution in [2.75, 3.05) is 4.90 Å². The molecule has 0 saturated carbocycles. The van der Waals surface area contributed by atoms with Gasteiger partial charge in [-0.2, -0.15) is 0 Å². The van der Waals surface area contributed by atoms with E-state index in [1.807, 2.05) is 0 Å². The summed E-state index contributed by atoms with van der Waals surface area (Å²) in [5.74, 6) is 0. The first-order valence-corrected chi connectivity index (χ1v) is 16.0. The van der Waals surface area contributed by atoms with Gasteiger partial charge in [-0.1, -0.05) is 158 Å². The van der Waals surface area contributed by atoms with Crippen molar-refractivity contribution in [3.05, 3.63) is 210 Å². The lowest BCUT2D eigenvalue weighted by Gasteiger charge is -2.34. The highest BCUT2D eigenvalue weighted by atomic mass is 15.1. The highest BCUT2D eigenvalue weighted by molar-refractivity contribution is 6.14. The van der Waals surface area contributed by atoms with Gasteiger partial charge >= 0.3 is 0 Å². The third-order valence-electron chi connectivity index (χ3n) is 9.70. The van der Waals surface area contributed by atoms with Crippen molar-refractivity contribution in [1.29, 1.82) is 0 Å². The van der Waals surface area contributed by atoms with Gasteiger partial charge in [-0.3, -0.25) is 0 Å². The lowest BCUT2D eigenvalue weighted by Crippen LogP contribution is -2.28. The van der Waals surface area contributed by atoms with Crippen molar-refractivity contribution in [2.45, 2.75) is 5.41 Å². The molecular weight excluding hydrogens is 555 g/mol. The molecule has 8 aromatic rings. The number of nitrogens with zero attached hydrogens (tertiary/aromatic N) is 1. The van der Waals surface area contributed by atoms with Gasteiger partial charge in [-0.15, -0.1) is 0 Å².